The number of hydrogen-bond acceptors (Lipinski definition) is 7. The van der Waals surface area contributed by atoms with E-state index in [1.807, 2.05) is 4.90 Å². The predicted molar refractivity (Wildman–Crippen MR) is 144 cm³/mol. The molecule has 0 bridgehead atoms. The van der Waals surface area contributed by atoms with Crippen molar-refractivity contribution in [2.45, 2.75) is 44.2 Å². The monoisotopic (exact) mass is 611 g/mol. The van der Waals surface area contributed by atoms with Gasteiger partial charge < -0.3 is 9.84 Å². The molecule has 6 rings (SSSR count). The van der Waals surface area contributed by atoms with Crippen LogP contribution in [0.5, 0.6) is 0 Å². The Hall–Kier alpha value is -2.40. The summed E-state index contributed by atoms with van der Waals surface area (Å²) in [5.41, 5.74) is -0.867. The van der Waals surface area contributed by atoms with Crippen LogP contribution in [0.15, 0.2) is 30.3 Å². The van der Waals surface area contributed by atoms with Crippen molar-refractivity contribution >= 4 is 81.5 Å². The molecule has 3 saturated heterocycles. The first-order valence-corrected chi connectivity index (χ1v) is 13.6. The first-order valence-electron chi connectivity index (χ1n) is 12.1. The number of imide groups is 1. The third kappa shape index (κ3) is 3.60. The molecule has 1 spiro atoms. The maximum Gasteiger partial charge on any atom is 0.302 e. The van der Waals surface area contributed by atoms with Crippen LogP contribution in [0.3, 0.4) is 0 Å². The highest BCUT2D eigenvalue weighted by molar-refractivity contribution is 6.38. The Bertz CT molecular complexity index is 1470. The van der Waals surface area contributed by atoms with E-state index in [9.17, 15) is 24.3 Å². The van der Waals surface area contributed by atoms with E-state index < -0.39 is 59.4 Å². The number of halogens is 4. The fraction of sp³-hybridized carbons (Fsp3) is 0.385. The van der Waals surface area contributed by atoms with Gasteiger partial charge >= 0.3 is 5.97 Å². The van der Waals surface area contributed by atoms with Gasteiger partial charge in [-0.15, -0.1) is 0 Å². The molecule has 39 heavy (non-hydrogen) atoms. The van der Waals surface area contributed by atoms with Crippen LogP contribution in [0.1, 0.15) is 25.8 Å². The lowest BCUT2D eigenvalue weighted by molar-refractivity contribution is -0.147. The third-order valence-electron chi connectivity index (χ3n) is 8.14. The first-order chi connectivity index (χ1) is 18.4. The molecule has 3 amide bonds. The molecule has 2 aromatic carbocycles. The van der Waals surface area contributed by atoms with E-state index in [0.717, 1.165) is 9.80 Å². The number of ether oxygens (including phenoxy) is 1. The van der Waals surface area contributed by atoms with Crippen LogP contribution in [-0.2, 0) is 29.5 Å². The predicted octanol–water partition coefficient (Wildman–Crippen LogP) is 4.01. The number of fused-ring (bicyclic) bond motifs is 7. The summed E-state index contributed by atoms with van der Waals surface area (Å²) in [4.78, 5) is 57.1. The van der Waals surface area contributed by atoms with E-state index in [-0.39, 0.29) is 44.4 Å². The standard InChI is InChI=1S/C26H21Cl4N3O6/c1-10(34)32-22-17(6-14(29)7-18(22)30)26(25(32)38)21-20(19-8-16(9-31(19)26)39-11(2)35)23(36)33(24(21)37)15-4-12(27)3-13(28)5-15/h3-7,16,19-21,25,38H,8-9H2,1-2H3/t16-,19?,20?,21?,25?,26?/m0/s1. The van der Waals surface area contributed by atoms with E-state index >= 15 is 0 Å². The summed E-state index contributed by atoms with van der Waals surface area (Å²) in [6, 6.07) is 6.79. The van der Waals surface area contributed by atoms with Gasteiger partial charge in [0.25, 0.3) is 0 Å². The Morgan fingerprint density at radius 3 is 2.23 bits per heavy atom. The summed E-state index contributed by atoms with van der Waals surface area (Å²) in [6.45, 7) is 2.68. The summed E-state index contributed by atoms with van der Waals surface area (Å²) in [7, 11) is 0. The highest BCUT2D eigenvalue weighted by Crippen LogP contribution is 2.64. The lowest BCUT2D eigenvalue weighted by Crippen LogP contribution is -2.59. The molecule has 0 aromatic heterocycles. The molecule has 13 heteroatoms. The minimum atomic E-state index is -1.61. The average Bonchev–Trinajstić information content (AvgIpc) is 3.48. The van der Waals surface area contributed by atoms with Gasteiger partial charge in [-0.25, -0.2) is 4.90 Å². The molecule has 1 N–H and O–H groups in total. The van der Waals surface area contributed by atoms with Crippen molar-refractivity contribution in [3.8, 4) is 0 Å². The lowest BCUT2D eigenvalue weighted by atomic mass is 9.74. The van der Waals surface area contributed by atoms with Crippen molar-refractivity contribution in [3.05, 3.63) is 56.0 Å². The van der Waals surface area contributed by atoms with Crippen molar-refractivity contribution in [3.63, 3.8) is 0 Å². The largest absolute Gasteiger partial charge is 0.461 e. The van der Waals surface area contributed by atoms with Crippen molar-refractivity contribution in [2.24, 2.45) is 11.8 Å². The van der Waals surface area contributed by atoms with Gasteiger partial charge in [-0.05, 0) is 30.3 Å². The van der Waals surface area contributed by atoms with Crippen LogP contribution in [-0.4, -0.2) is 58.6 Å². The molecular weight excluding hydrogens is 592 g/mol. The van der Waals surface area contributed by atoms with Gasteiger partial charge in [0.15, 0.2) is 6.23 Å². The van der Waals surface area contributed by atoms with Crippen molar-refractivity contribution in [1.29, 1.82) is 0 Å². The van der Waals surface area contributed by atoms with Gasteiger partial charge in [-0.2, -0.15) is 0 Å². The zero-order chi connectivity index (χ0) is 28.1. The van der Waals surface area contributed by atoms with Crippen LogP contribution in [0.4, 0.5) is 11.4 Å². The second-order valence-electron chi connectivity index (χ2n) is 10.2. The number of nitrogens with zero attached hydrogens (tertiary/aromatic N) is 3. The minimum absolute atomic E-state index is 0.106. The summed E-state index contributed by atoms with van der Waals surface area (Å²) in [6.07, 6.45) is -1.98. The number of aliphatic hydroxyl groups is 1. The van der Waals surface area contributed by atoms with E-state index in [1.165, 1.54) is 38.1 Å². The maximum atomic E-state index is 14.3. The first kappa shape index (κ1) is 26.8. The summed E-state index contributed by atoms with van der Waals surface area (Å²) in [5.74, 6) is -4.19. The highest BCUT2D eigenvalue weighted by Gasteiger charge is 2.76. The highest BCUT2D eigenvalue weighted by atomic mass is 35.5. The molecule has 4 aliphatic rings. The van der Waals surface area contributed by atoms with Gasteiger partial charge in [0.2, 0.25) is 17.7 Å². The summed E-state index contributed by atoms with van der Waals surface area (Å²) >= 11 is 25.4. The molecular formula is C26H21Cl4N3O6. The molecule has 6 atom stereocenters. The Labute approximate surface area is 243 Å². The number of aliphatic hydroxyl groups excluding tert-OH is 1. The quantitative estimate of drug-likeness (QED) is 0.403. The molecule has 2 aromatic rings. The number of anilines is 2. The smallest absolute Gasteiger partial charge is 0.302 e. The van der Waals surface area contributed by atoms with Gasteiger partial charge in [0.1, 0.15) is 11.6 Å². The zero-order valence-electron chi connectivity index (χ0n) is 20.5. The van der Waals surface area contributed by atoms with Crippen LogP contribution >= 0.6 is 46.4 Å². The van der Waals surface area contributed by atoms with Crippen LogP contribution in [0.2, 0.25) is 20.1 Å². The molecule has 3 fully saturated rings. The molecule has 0 saturated carbocycles. The normalized spacial score (nSPS) is 31.2. The summed E-state index contributed by atoms with van der Waals surface area (Å²) < 4.78 is 5.51. The second-order valence-corrected chi connectivity index (χ2v) is 11.9. The SMILES string of the molecule is CC(=O)O[C@H]1CC2C3C(=O)N(c4cc(Cl)cc(Cl)c4)C(=O)C3C3(c4cc(Cl)cc(Cl)c4N(C(C)=O)C3O)N2C1. The average molecular weight is 613 g/mol. The number of rotatable bonds is 2. The van der Waals surface area contributed by atoms with Gasteiger partial charge in [0, 0.05) is 53.5 Å². The summed E-state index contributed by atoms with van der Waals surface area (Å²) in [5, 5.41) is 12.8. The minimum Gasteiger partial charge on any atom is -0.461 e. The Balaban J connectivity index is 1.60. The molecule has 5 unspecified atom stereocenters. The number of hydrogen-bond donors (Lipinski definition) is 1. The molecule has 0 aliphatic carbocycles. The topological polar surface area (TPSA) is 107 Å². The van der Waals surface area contributed by atoms with Gasteiger partial charge in [-0.1, -0.05) is 46.4 Å². The van der Waals surface area contributed by atoms with Crippen molar-refractivity contribution in [2.75, 3.05) is 16.3 Å². The van der Waals surface area contributed by atoms with E-state index in [2.05, 4.69) is 0 Å². The van der Waals surface area contributed by atoms with E-state index in [0.29, 0.717) is 5.56 Å². The third-order valence-corrected chi connectivity index (χ3v) is 9.08. The van der Waals surface area contributed by atoms with E-state index in [4.69, 9.17) is 51.1 Å². The number of carbonyl (C=O) groups excluding carboxylic acids is 4. The van der Waals surface area contributed by atoms with E-state index in [1.54, 1.807) is 6.07 Å². The van der Waals surface area contributed by atoms with Crippen LogP contribution in [0.25, 0.3) is 0 Å². The Kier molecular flexibility index (Phi) is 6.22. The van der Waals surface area contributed by atoms with Crippen LogP contribution < -0.4 is 9.80 Å². The molecule has 9 nitrogen and oxygen atoms in total. The molecule has 4 aliphatic heterocycles. The number of esters is 1. The zero-order valence-corrected chi connectivity index (χ0v) is 23.6. The van der Waals surface area contributed by atoms with Crippen LogP contribution in [0, 0.1) is 11.8 Å². The van der Waals surface area contributed by atoms with Gasteiger partial charge in [-0.3, -0.25) is 29.0 Å². The Morgan fingerprint density at radius 1 is 0.974 bits per heavy atom. The lowest BCUT2D eigenvalue weighted by Gasteiger charge is -2.42. The van der Waals surface area contributed by atoms with Crippen molar-refractivity contribution in [1.82, 2.24) is 4.90 Å². The maximum absolute atomic E-state index is 14.3. The Morgan fingerprint density at radius 2 is 1.62 bits per heavy atom. The van der Waals surface area contributed by atoms with Gasteiger partial charge in [0.05, 0.1) is 28.2 Å². The number of amides is 3. The molecule has 204 valence electrons. The second kappa shape index (κ2) is 9.06. The molecule has 4 heterocycles. The fourth-order valence-electron chi connectivity index (χ4n) is 7.09. The number of carbonyl (C=O) groups is 4. The molecule has 0 radical (unpaired) electrons. The number of benzene rings is 2. The van der Waals surface area contributed by atoms with Crippen molar-refractivity contribution < 1.29 is 29.0 Å². The fourth-order valence-corrected chi connectivity index (χ4v) is 8.19.